The van der Waals surface area contributed by atoms with Gasteiger partial charge in [0.25, 0.3) is 0 Å². The number of rotatable bonds is 7. The van der Waals surface area contributed by atoms with Gasteiger partial charge in [-0.15, -0.1) is 24.0 Å². The van der Waals surface area contributed by atoms with E-state index >= 15 is 0 Å². The third-order valence-electron chi connectivity index (χ3n) is 4.24. The van der Waals surface area contributed by atoms with Crippen LogP contribution in [0.15, 0.2) is 29.4 Å². The first kappa shape index (κ1) is 20.2. The average Bonchev–Trinajstić information content (AvgIpc) is 3.02. The van der Waals surface area contributed by atoms with E-state index in [4.69, 9.17) is 5.73 Å². The molecule has 130 valence electrons. The van der Waals surface area contributed by atoms with Crippen LogP contribution in [0.4, 0.5) is 0 Å². The Labute approximate surface area is 157 Å². The zero-order valence-corrected chi connectivity index (χ0v) is 16.6. The predicted octanol–water partition coefficient (Wildman–Crippen LogP) is 2.27. The lowest BCUT2D eigenvalue weighted by Gasteiger charge is -2.29. The predicted molar refractivity (Wildman–Crippen MR) is 107 cm³/mol. The van der Waals surface area contributed by atoms with Crippen molar-refractivity contribution >= 4 is 29.9 Å². The van der Waals surface area contributed by atoms with Gasteiger partial charge in [0.1, 0.15) is 0 Å². The van der Waals surface area contributed by atoms with Crippen molar-refractivity contribution in [2.75, 3.05) is 26.2 Å². The number of halogens is 1. The quantitative estimate of drug-likeness (QED) is 0.395. The summed E-state index contributed by atoms with van der Waals surface area (Å²) >= 11 is 0. The van der Waals surface area contributed by atoms with E-state index in [1.807, 2.05) is 24.4 Å². The molecular formula is C17H30IN5. The zero-order valence-electron chi connectivity index (χ0n) is 14.2. The molecule has 3 N–H and O–H groups in total. The molecule has 1 aliphatic rings. The fourth-order valence-electron chi connectivity index (χ4n) is 2.93. The van der Waals surface area contributed by atoms with Crippen LogP contribution in [0.1, 0.15) is 32.4 Å². The minimum absolute atomic E-state index is 0. The number of guanidine groups is 1. The number of hydrogen-bond acceptors (Lipinski definition) is 3. The third-order valence-corrected chi connectivity index (χ3v) is 4.24. The smallest absolute Gasteiger partial charge is 0.188 e. The van der Waals surface area contributed by atoms with E-state index in [9.17, 15) is 0 Å². The van der Waals surface area contributed by atoms with Gasteiger partial charge in [0.05, 0.1) is 6.54 Å². The van der Waals surface area contributed by atoms with Crippen LogP contribution in [0.25, 0.3) is 0 Å². The molecule has 1 saturated heterocycles. The molecule has 1 atom stereocenters. The minimum atomic E-state index is 0. The van der Waals surface area contributed by atoms with E-state index in [-0.39, 0.29) is 24.0 Å². The summed E-state index contributed by atoms with van der Waals surface area (Å²) in [4.78, 5) is 11.4. The van der Waals surface area contributed by atoms with Gasteiger partial charge in [-0.1, -0.05) is 19.9 Å². The van der Waals surface area contributed by atoms with Gasteiger partial charge in [0.15, 0.2) is 5.96 Å². The molecule has 0 saturated carbocycles. The number of hydrogen-bond donors (Lipinski definition) is 2. The van der Waals surface area contributed by atoms with Crippen molar-refractivity contribution in [2.45, 2.75) is 39.2 Å². The first-order chi connectivity index (χ1) is 10.7. The second-order valence-electron chi connectivity index (χ2n) is 6.28. The summed E-state index contributed by atoms with van der Waals surface area (Å²) in [5.41, 5.74) is 7.05. The summed E-state index contributed by atoms with van der Waals surface area (Å²) in [5, 5.41) is 3.19. The van der Waals surface area contributed by atoms with Crippen molar-refractivity contribution < 1.29 is 0 Å². The Morgan fingerprint density at radius 1 is 1.35 bits per heavy atom. The third kappa shape index (κ3) is 7.03. The Balaban J connectivity index is 0.00000264. The first-order valence-corrected chi connectivity index (χ1v) is 8.34. The Kier molecular flexibility index (Phi) is 9.47. The van der Waals surface area contributed by atoms with Crippen molar-refractivity contribution in [1.29, 1.82) is 0 Å². The number of nitrogens with two attached hydrogens (primary N) is 1. The lowest BCUT2D eigenvalue weighted by molar-refractivity contribution is 0.197. The second-order valence-corrected chi connectivity index (χ2v) is 6.28. The fraction of sp³-hybridized carbons (Fsp3) is 0.647. The highest BCUT2D eigenvalue weighted by atomic mass is 127. The second kappa shape index (κ2) is 10.8. The maximum Gasteiger partial charge on any atom is 0.188 e. The molecule has 0 amide bonds. The molecule has 0 radical (unpaired) electrons. The lowest BCUT2D eigenvalue weighted by Crippen LogP contribution is -2.41. The number of aromatic nitrogens is 1. The Hall–Kier alpha value is -0.890. The zero-order chi connectivity index (χ0) is 15.8. The topological polar surface area (TPSA) is 66.5 Å². The minimum Gasteiger partial charge on any atom is -0.370 e. The molecule has 2 rings (SSSR count). The Morgan fingerprint density at radius 3 is 2.70 bits per heavy atom. The molecule has 1 fully saturated rings. The standard InChI is InChI=1S/C17H29N5.HI/c1-14(2)16(22-11-5-6-12-22)13-21-17(18)20-10-8-15-7-3-4-9-19-15;/h3-4,7,9,14,16H,5-6,8,10-13H2,1-2H3,(H3,18,20,21);1H. The average molecular weight is 431 g/mol. The van der Waals surface area contributed by atoms with Crippen LogP contribution in [0, 0.1) is 5.92 Å². The maximum absolute atomic E-state index is 5.98. The van der Waals surface area contributed by atoms with Crippen LogP contribution in [0.2, 0.25) is 0 Å². The first-order valence-electron chi connectivity index (χ1n) is 8.34. The van der Waals surface area contributed by atoms with Crippen LogP contribution in [-0.4, -0.2) is 48.1 Å². The number of nitrogens with one attached hydrogen (secondary N) is 1. The molecule has 1 aliphatic heterocycles. The molecule has 5 nitrogen and oxygen atoms in total. The van der Waals surface area contributed by atoms with Crippen LogP contribution < -0.4 is 11.1 Å². The van der Waals surface area contributed by atoms with Crippen molar-refractivity contribution in [3.05, 3.63) is 30.1 Å². The maximum atomic E-state index is 5.98. The van der Waals surface area contributed by atoms with E-state index in [2.05, 4.69) is 34.0 Å². The molecule has 6 heteroatoms. The van der Waals surface area contributed by atoms with Crippen molar-refractivity contribution in [2.24, 2.45) is 16.6 Å². The van der Waals surface area contributed by atoms with Crippen LogP contribution in [-0.2, 0) is 6.42 Å². The van der Waals surface area contributed by atoms with E-state index in [1.54, 1.807) is 0 Å². The van der Waals surface area contributed by atoms with Gasteiger partial charge >= 0.3 is 0 Å². The van der Waals surface area contributed by atoms with Crippen molar-refractivity contribution in [3.63, 3.8) is 0 Å². The van der Waals surface area contributed by atoms with E-state index in [0.29, 0.717) is 17.9 Å². The summed E-state index contributed by atoms with van der Waals surface area (Å²) in [5.74, 6) is 1.14. The van der Waals surface area contributed by atoms with Crippen LogP contribution in [0.3, 0.4) is 0 Å². The van der Waals surface area contributed by atoms with Crippen LogP contribution >= 0.6 is 24.0 Å². The molecular weight excluding hydrogens is 401 g/mol. The molecule has 1 aromatic rings. The molecule has 0 aromatic carbocycles. The number of pyridine rings is 1. The van der Waals surface area contributed by atoms with Crippen LogP contribution in [0.5, 0.6) is 0 Å². The SMILES string of the molecule is CC(C)C(CN=C(N)NCCc1ccccn1)N1CCCC1.I. The molecule has 1 aromatic heterocycles. The number of likely N-dealkylation sites (tertiary alicyclic amines) is 1. The highest BCUT2D eigenvalue weighted by molar-refractivity contribution is 14.0. The summed E-state index contributed by atoms with van der Waals surface area (Å²) < 4.78 is 0. The Bertz CT molecular complexity index is 457. The molecule has 1 unspecified atom stereocenters. The summed E-state index contributed by atoms with van der Waals surface area (Å²) in [6, 6.07) is 6.45. The lowest BCUT2D eigenvalue weighted by atomic mass is 10.0. The highest BCUT2D eigenvalue weighted by Crippen LogP contribution is 2.17. The van der Waals surface area contributed by atoms with E-state index in [1.165, 1.54) is 25.9 Å². The van der Waals surface area contributed by atoms with Gasteiger partial charge in [0, 0.05) is 30.9 Å². The number of nitrogens with zero attached hydrogens (tertiary/aromatic N) is 3. The molecule has 0 bridgehead atoms. The fourth-order valence-corrected chi connectivity index (χ4v) is 2.93. The molecule has 0 aliphatic carbocycles. The van der Waals surface area contributed by atoms with E-state index in [0.717, 1.165) is 25.2 Å². The molecule has 0 spiro atoms. The summed E-state index contributed by atoms with van der Waals surface area (Å²) in [7, 11) is 0. The van der Waals surface area contributed by atoms with Gasteiger partial charge in [-0.25, -0.2) is 0 Å². The number of aliphatic imine (C=N–C) groups is 1. The molecule has 23 heavy (non-hydrogen) atoms. The Morgan fingerprint density at radius 2 is 2.09 bits per heavy atom. The van der Waals surface area contributed by atoms with Crippen molar-refractivity contribution in [1.82, 2.24) is 15.2 Å². The van der Waals surface area contributed by atoms with Gasteiger partial charge in [-0.2, -0.15) is 0 Å². The largest absolute Gasteiger partial charge is 0.370 e. The summed E-state index contributed by atoms with van der Waals surface area (Å²) in [6.07, 6.45) is 5.29. The van der Waals surface area contributed by atoms with Crippen molar-refractivity contribution in [3.8, 4) is 0 Å². The highest BCUT2D eigenvalue weighted by Gasteiger charge is 2.24. The normalized spacial score (nSPS) is 17.1. The summed E-state index contributed by atoms with van der Waals surface area (Å²) in [6.45, 7) is 8.48. The van der Waals surface area contributed by atoms with Gasteiger partial charge in [-0.3, -0.25) is 14.9 Å². The van der Waals surface area contributed by atoms with E-state index < -0.39 is 0 Å². The monoisotopic (exact) mass is 431 g/mol. The molecule has 2 heterocycles. The van der Waals surface area contributed by atoms with Gasteiger partial charge in [-0.05, 0) is 44.0 Å². The van der Waals surface area contributed by atoms with Gasteiger partial charge in [0.2, 0.25) is 0 Å². The van der Waals surface area contributed by atoms with Gasteiger partial charge < -0.3 is 11.1 Å².